The number of amides is 7. The maximum absolute atomic E-state index is 14.6. The van der Waals surface area contributed by atoms with E-state index in [-0.39, 0.29) is 25.4 Å². The second-order valence-corrected chi connectivity index (χ2v) is 16.2. The largest absolute Gasteiger partial charge is 0.486 e. The number of hydrogen-bond acceptors (Lipinski definition) is 10. The molecule has 4 saturated heterocycles. The zero-order chi connectivity index (χ0) is 41.8. The molecule has 2 aromatic rings. The number of nitrogens with one attached hydrogen (secondary N) is 4. The lowest BCUT2D eigenvalue weighted by atomic mass is 9.99. The summed E-state index contributed by atoms with van der Waals surface area (Å²) in [4.78, 5) is 102. The average molecular weight is 816 g/mol. The smallest absolute Gasteiger partial charge is 0.328 e. The molecule has 4 fully saturated rings. The van der Waals surface area contributed by atoms with E-state index in [1.54, 1.807) is 25.1 Å². The number of fused-ring (bicyclic) bond motifs is 4. The monoisotopic (exact) mass is 815 g/mol. The van der Waals surface area contributed by atoms with E-state index in [2.05, 4.69) is 21.3 Å². The first kappa shape index (κ1) is 41.3. The Hall–Kier alpha value is -5.87. The number of anilines is 1. The number of ether oxygens (including phenoxy) is 3. The molecule has 17 heteroatoms. The Balaban J connectivity index is 1.17. The molecule has 59 heavy (non-hydrogen) atoms. The van der Waals surface area contributed by atoms with Crippen LogP contribution in [0, 0.1) is 12.8 Å². The summed E-state index contributed by atoms with van der Waals surface area (Å²) in [5, 5.41) is 11.0. The van der Waals surface area contributed by atoms with Crippen LogP contribution in [0.25, 0.3) is 0 Å². The summed E-state index contributed by atoms with van der Waals surface area (Å²) in [6.45, 7) is 6.29. The van der Waals surface area contributed by atoms with Crippen molar-refractivity contribution >= 4 is 47.2 Å². The van der Waals surface area contributed by atoms with Gasteiger partial charge in [0.2, 0.25) is 29.5 Å². The number of nitrogens with zero attached hydrogens (tertiary/aromatic N) is 3. The van der Waals surface area contributed by atoms with Gasteiger partial charge in [-0.05, 0) is 76.0 Å². The average Bonchev–Trinajstić information content (AvgIpc) is 3.88. The predicted molar refractivity (Wildman–Crippen MR) is 212 cm³/mol. The van der Waals surface area contributed by atoms with Crippen LogP contribution in [-0.2, 0) is 39.9 Å². The molecule has 0 spiro atoms. The molecule has 0 aliphatic carbocycles. The molecule has 2 aromatic carbocycles. The zero-order valence-corrected chi connectivity index (χ0v) is 33.7. The van der Waals surface area contributed by atoms with Crippen molar-refractivity contribution in [3.05, 3.63) is 53.6 Å². The predicted octanol–water partition coefficient (Wildman–Crippen LogP) is 1.65. The third-order valence-electron chi connectivity index (χ3n) is 11.7. The van der Waals surface area contributed by atoms with Crippen molar-refractivity contribution in [3.8, 4) is 11.5 Å². The zero-order valence-electron chi connectivity index (χ0n) is 33.7. The SMILES string of the molecule is Cc1cccc(C[C@H](NC(=O)Nc2ccc3c(c2)OCCO3)C(=O)N[C@H]2COC(=O)[C@@H]3C[C@@H](C)CN3C(=O)[C@H](C)NC(=O)[C@@H]3CCCCN3C(=O)[C@@H]3CCCN3C2=O)c1. The summed E-state index contributed by atoms with van der Waals surface area (Å²) >= 11 is 0. The first-order valence-corrected chi connectivity index (χ1v) is 20.6. The summed E-state index contributed by atoms with van der Waals surface area (Å²) in [6.07, 6.45) is 2.94. The number of urea groups is 1. The number of piperidine rings is 1. The normalized spacial score (nSPS) is 26.8. The molecule has 5 heterocycles. The molecular formula is C42H53N7O10. The summed E-state index contributed by atoms with van der Waals surface area (Å²) in [7, 11) is 0. The van der Waals surface area contributed by atoms with Crippen LogP contribution in [0.3, 0.4) is 0 Å². The number of benzene rings is 2. The molecule has 7 rings (SSSR count). The van der Waals surface area contributed by atoms with Crippen LogP contribution < -0.4 is 30.7 Å². The Morgan fingerprint density at radius 2 is 1.56 bits per heavy atom. The van der Waals surface area contributed by atoms with Crippen molar-refractivity contribution in [2.24, 2.45) is 5.92 Å². The minimum atomic E-state index is -1.46. The standard InChI is InChI=1S/C42H53N7O10/c1-24-8-6-9-27(18-24)20-29(46-42(56)44-28-12-13-34-35(21-28)58-17-16-57-34)36(50)45-30-23-59-41(55)33-19-25(2)22-49(33)38(52)26(3)43-37(51)31-10-4-5-14-47(31)40(54)32-11-7-15-48(32)39(30)53/h6,8-9,12-13,18,21,25-26,29-33H,4-5,7,10-11,14-17,19-20,22-23H2,1-3H3,(H,43,51)(H,45,50)(H2,44,46,56)/t25-,26+,29+,30+,31+,32+,33+/m1/s1. The first-order valence-electron chi connectivity index (χ1n) is 20.6. The van der Waals surface area contributed by atoms with E-state index in [9.17, 15) is 33.6 Å². The molecule has 0 saturated carbocycles. The third-order valence-corrected chi connectivity index (χ3v) is 11.7. The van der Waals surface area contributed by atoms with Gasteiger partial charge in [0.05, 0.1) is 0 Å². The van der Waals surface area contributed by atoms with Gasteiger partial charge in [-0.3, -0.25) is 24.0 Å². The number of esters is 1. The maximum Gasteiger partial charge on any atom is 0.328 e. The molecule has 7 atom stereocenters. The molecule has 0 unspecified atom stereocenters. The highest BCUT2D eigenvalue weighted by Gasteiger charge is 2.46. The second-order valence-electron chi connectivity index (χ2n) is 16.2. The van der Waals surface area contributed by atoms with Crippen LogP contribution in [0.4, 0.5) is 10.5 Å². The van der Waals surface area contributed by atoms with Crippen LogP contribution in [-0.4, -0.2) is 132 Å². The molecule has 4 N–H and O–H groups in total. The Morgan fingerprint density at radius 3 is 2.36 bits per heavy atom. The van der Waals surface area contributed by atoms with Crippen LogP contribution in [0.1, 0.15) is 63.5 Å². The molecule has 5 aliphatic rings. The number of carbonyl (C=O) groups is 7. The molecule has 316 valence electrons. The van der Waals surface area contributed by atoms with Gasteiger partial charge in [0.1, 0.15) is 56.1 Å². The van der Waals surface area contributed by atoms with Crippen molar-refractivity contribution in [1.29, 1.82) is 0 Å². The lowest BCUT2D eigenvalue weighted by molar-refractivity contribution is -0.158. The molecule has 0 bridgehead atoms. The second kappa shape index (κ2) is 18.0. The minimum absolute atomic E-state index is 0.0429. The van der Waals surface area contributed by atoms with E-state index in [4.69, 9.17) is 14.2 Å². The topological polar surface area (TPSA) is 205 Å². The van der Waals surface area contributed by atoms with Gasteiger partial charge >= 0.3 is 12.0 Å². The number of carbonyl (C=O) groups excluding carboxylic acids is 7. The Morgan fingerprint density at radius 1 is 0.814 bits per heavy atom. The fraction of sp³-hybridized carbons (Fsp3) is 0.548. The Kier molecular flexibility index (Phi) is 12.6. The van der Waals surface area contributed by atoms with Crippen molar-refractivity contribution in [2.75, 3.05) is 44.8 Å². The Labute approximate surface area is 342 Å². The van der Waals surface area contributed by atoms with Gasteiger partial charge in [0.25, 0.3) is 0 Å². The third kappa shape index (κ3) is 9.39. The quantitative estimate of drug-likeness (QED) is 0.311. The summed E-state index contributed by atoms with van der Waals surface area (Å²) in [5.41, 5.74) is 2.06. The van der Waals surface area contributed by atoms with E-state index in [1.165, 1.54) is 14.7 Å². The first-order chi connectivity index (χ1) is 28.4. The van der Waals surface area contributed by atoms with E-state index in [0.29, 0.717) is 75.5 Å². The molecular weight excluding hydrogens is 763 g/mol. The number of hydrogen-bond donors (Lipinski definition) is 4. The highest BCUT2D eigenvalue weighted by atomic mass is 16.6. The fourth-order valence-corrected chi connectivity index (χ4v) is 8.72. The van der Waals surface area contributed by atoms with E-state index < -0.39 is 84.4 Å². The number of rotatable bonds is 6. The van der Waals surface area contributed by atoms with Gasteiger partial charge in [0.15, 0.2) is 11.5 Å². The van der Waals surface area contributed by atoms with Gasteiger partial charge in [0, 0.05) is 37.8 Å². The summed E-state index contributed by atoms with van der Waals surface area (Å²) in [5.74, 6) is -2.53. The van der Waals surface area contributed by atoms with Crippen molar-refractivity contribution in [3.63, 3.8) is 0 Å². The van der Waals surface area contributed by atoms with Gasteiger partial charge < -0.3 is 50.2 Å². The molecule has 0 aromatic heterocycles. The van der Waals surface area contributed by atoms with Crippen LogP contribution in [0.15, 0.2) is 42.5 Å². The van der Waals surface area contributed by atoms with Gasteiger partial charge in [-0.2, -0.15) is 0 Å². The van der Waals surface area contributed by atoms with Crippen molar-refractivity contribution in [2.45, 2.75) is 102 Å². The van der Waals surface area contributed by atoms with Crippen LogP contribution >= 0.6 is 0 Å². The number of aryl methyl sites for hydroxylation is 1. The van der Waals surface area contributed by atoms with Crippen LogP contribution in [0.5, 0.6) is 11.5 Å². The fourth-order valence-electron chi connectivity index (χ4n) is 8.72. The van der Waals surface area contributed by atoms with Gasteiger partial charge in [-0.15, -0.1) is 0 Å². The highest BCUT2D eigenvalue weighted by molar-refractivity contribution is 5.98. The van der Waals surface area contributed by atoms with E-state index >= 15 is 0 Å². The van der Waals surface area contributed by atoms with E-state index in [0.717, 1.165) is 11.1 Å². The van der Waals surface area contributed by atoms with Gasteiger partial charge in [-0.25, -0.2) is 9.59 Å². The number of cyclic esters (lactones) is 1. The molecule has 0 radical (unpaired) electrons. The lowest BCUT2D eigenvalue weighted by Crippen LogP contribution is -2.62. The molecule has 7 amide bonds. The maximum atomic E-state index is 14.6. The van der Waals surface area contributed by atoms with Crippen molar-refractivity contribution in [1.82, 2.24) is 30.7 Å². The van der Waals surface area contributed by atoms with Crippen molar-refractivity contribution < 1.29 is 47.8 Å². The lowest BCUT2D eigenvalue weighted by Gasteiger charge is -2.39. The summed E-state index contributed by atoms with van der Waals surface area (Å²) < 4.78 is 17.0. The highest BCUT2D eigenvalue weighted by Crippen LogP contribution is 2.33. The molecule has 5 aliphatic heterocycles. The summed E-state index contributed by atoms with van der Waals surface area (Å²) in [6, 6.07) is 5.25. The van der Waals surface area contributed by atoms with Crippen LogP contribution in [0.2, 0.25) is 0 Å². The van der Waals surface area contributed by atoms with E-state index in [1.807, 2.05) is 38.1 Å². The minimum Gasteiger partial charge on any atom is -0.486 e. The Bertz CT molecular complexity index is 1980. The molecule has 17 nitrogen and oxygen atoms in total. The van der Waals surface area contributed by atoms with Gasteiger partial charge in [-0.1, -0.05) is 36.8 Å².